The average molecular weight is 465 g/mol. The van der Waals surface area contributed by atoms with E-state index in [1.807, 2.05) is 31.3 Å². The van der Waals surface area contributed by atoms with Crippen LogP contribution in [0.1, 0.15) is 29.6 Å². The van der Waals surface area contributed by atoms with Crippen LogP contribution in [0.3, 0.4) is 0 Å². The molecular formula is C23H28N8O3. The fourth-order valence-corrected chi connectivity index (χ4v) is 4.52. The molecule has 3 N–H and O–H groups in total. The maximum Gasteiger partial charge on any atom is 0.256 e. The molecule has 1 aliphatic carbocycles. The summed E-state index contributed by atoms with van der Waals surface area (Å²) in [6, 6.07) is 7.99. The Balaban J connectivity index is 1.26. The Bertz CT molecular complexity index is 1220. The number of pyridine rings is 1. The Morgan fingerprint density at radius 2 is 2.12 bits per heavy atom. The van der Waals surface area contributed by atoms with E-state index >= 15 is 0 Å². The SMILES string of the molecule is CNc1cc(Nc2cccc(N3CCOC4(CCOC4)C3)n2)nc2c(C(=O)NC3CC3)cnn12. The van der Waals surface area contributed by atoms with Crippen LogP contribution < -0.4 is 20.9 Å². The molecule has 34 heavy (non-hydrogen) atoms. The predicted octanol–water partition coefficient (Wildman–Crippen LogP) is 1.80. The first kappa shape index (κ1) is 21.1. The summed E-state index contributed by atoms with van der Waals surface area (Å²) in [6.45, 7) is 3.55. The Morgan fingerprint density at radius 1 is 1.21 bits per heavy atom. The van der Waals surface area contributed by atoms with E-state index in [1.54, 1.807) is 10.7 Å². The second-order valence-corrected chi connectivity index (χ2v) is 9.08. The molecule has 178 valence electrons. The first-order valence-corrected chi connectivity index (χ1v) is 11.7. The summed E-state index contributed by atoms with van der Waals surface area (Å²) in [5.41, 5.74) is 0.697. The summed E-state index contributed by atoms with van der Waals surface area (Å²) in [7, 11) is 1.81. The zero-order valence-corrected chi connectivity index (χ0v) is 19.1. The average Bonchev–Trinajstić information content (AvgIpc) is 3.38. The van der Waals surface area contributed by atoms with Gasteiger partial charge in [-0.3, -0.25) is 4.79 Å². The number of rotatable bonds is 6. The summed E-state index contributed by atoms with van der Waals surface area (Å²) in [4.78, 5) is 24.4. The molecule has 2 saturated heterocycles. The van der Waals surface area contributed by atoms with Crippen LogP contribution in [0.2, 0.25) is 0 Å². The second-order valence-electron chi connectivity index (χ2n) is 9.08. The van der Waals surface area contributed by atoms with Crippen molar-refractivity contribution >= 4 is 34.8 Å². The van der Waals surface area contributed by atoms with Gasteiger partial charge in [0.1, 0.15) is 34.4 Å². The van der Waals surface area contributed by atoms with Crippen molar-refractivity contribution in [2.45, 2.75) is 30.9 Å². The van der Waals surface area contributed by atoms with E-state index in [0.29, 0.717) is 41.9 Å². The summed E-state index contributed by atoms with van der Waals surface area (Å²) in [5.74, 6) is 2.68. The van der Waals surface area contributed by atoms with Gasteiger partial charge in [-0.05, 0) is 25.0 Å². The van der Waals surface area contributed by atoms with Crippen molar-refractivity contribution in [1.82, 2.24) is 24.9 Å². The molecule has 3 aliphatic rings. The first-order valence-electron chi connectivity index (χ1n) is 11.7. The van der Waals surface area contributed by atoms with Crippen LogP contribution >= 0.6 is 0 Å². The monoisotopic (exact) mass is 464 g/mol. The lowest BCUT2D eigenvalue weighted by Crippen LogP contribution is -2.52. The van der Waals surface area contributed by atoms with E-state index in [2.05, 4.69) is 30.9 Å². The quantitative estimate of drug-likeness (QED) is 0.502. The molecule has 3 aromatic rings. The van der Waals surface area contributed by atoms with Gasteiger partial charge in [0.2, 0.25) is 0 Å². The highest BCUT2D eigenvalue weighted by Gasteiger charge is 2.40. The van der Waals surface area contributed by atoms with Crippen molar-refractivity contribution in [1.29, 1.82) is 0 Å². The minimum Gasteiger partial charge on any atom is -0.378 e. The second kappa shape index (κ2) is 8.41. The van der Waals surface area contributed by atoms with Crippen molar-refractivity contribution in [3.05, 3.63) is 36.0 Å². The Kier molecular flexibility index (Phi) is 5.22. The smallest absolute Gasteiger partial charge is 0.256 e. The van der Waals surface area contributed by atoms with Gasteiger partial charge in [-0.25, -0.2) is 9.97 Å². The van der Waals surface area contributed by atoms with E-state index in [1.165, 1.54) is 0 Å². The van der Waals surface area contributed by atoms with Crippen LogP contribution in [0.4, 0.5) is 23.3 Å². The normalized spacial score (nSPS) is 22.3. The van der Waals surface area contributed by atoms with E-state index in [-0.39, 0.29) is 17.6 Å². The highest BCUT2D eigenvalue weighted by atomic mass is 16.6. The molecule has 6 rings (SSSR count). The molecule has 0 radical (unpaired) electrons. The van der Waals surface area contributed by atoms with Gasteiger partial charge in [-0.2, -0.15) is 9.61 Å². The van der Waals surface area contributed by atoms with E-state index < -0.39 is 0 Å². The van der Waals surface area contributed by atoms with Crippen LogP contribution in [0.25, 0.3) is 5.65 Å². The van der Waals surface area contributed by atoms with Crippen molar-refractivity contribution < 1.29 is 14.3 Å². The highest BCUT2D eigenvalue weighted by molar-refractivity contribution is 6.00. The fraction of sp³-hybridized carbons (Fsp3) is 0.478. The third-order valence-corrected chi connectivity index (χ3v) is 6.52. The molecular weight excluding hydrogens is 436 g/mol. The summed E-state index contributed by atoms with van der Waals surface area (Å²) < 4.78 is 13.3. The van der Waals surface area contributed by atoms with Crippen LogP contribution in [0, 0.1) is 0 Å². The van der Waals surface area contributed by atoms with Gasteiger partial charge < -0.3 is 30.3 Å². The molecule has 1 atom stereocenters. The number of nitrogens with zero attached hydrogens (tertiary/aromatic N) is 5. The Hall–Kier alpha value is -3.44. The number of nitrogens with one attached hydrogen (secondary N) is 3. The number of ether oxygens (including phenoxy) is 2. The molecule has 0 bridgehead atoms. The third kappa shape index (κ3) is 4.01. The Labute approximate surface area is 196 Å². The zero-order chi connectivity index (χ0) is 23.1. The van der Waals surface area contributed by atoms with Gasteiger partial charge in [-0.15, -0.1) is 0 Å². The number of hydrogen-bond donors (Lipinski definition) is 3. The molecule has 1 spiro atoms. The lowest BCUT2D eigenvalue weighted by molar-refractivity contribution is -0.0581. The highest BCUT2D eigenvalue weighted by Crippen LogP contribution is 2.30. The van der Waals surface area contributed by atoms with Gasteiger partial charge in [0.15, 0.2) is 5.65 Å². The Morgan fingerprint density at radius 3 is 2.91 bits per heavy atom. The largest absolute Gasteiger partial charge is 0.378 e. The van der Waals surface area contributed by atoms with Crippen LogP contribution in [0.5, 0.6) is 0 Å². The van der Waals surface area contributed by atoms with Gasteiger partial charge in [-0.1, -0.05) is 6.07 Å². The summed E-state index contributed by atoms with van der Waals surface area (Å²) in [6.07, 6.45) is 4.50. The summed E-state index contributed by atoms with van der Waals surface area (Å²) in [5, 5.41) is 13.8. The summed E-state index contributed by atoms with van der Waals surface area (Å²) >= 11 is 0. The van der Waals surface area contributed by atoms with Crippen LogP contribution in [-0.2, 0) is 9.47 Å². The third-order valence-electron chi connectivity index (χ3n) is 6.52. The molecule has 3 fully saturated rings. The molecule has 11 nitrogen and oxygen atoms in total. The topological polar surface area (TPSA) is 118 Å². The van der Waals surface area contributed by atoms with Crippen molar-refractivity contribution in [2.75, 3.05) is 55.5 Å². The number of aromatic nitrogens is 4. The maximum absolute atomic E-state index is 12.7. The molecule has 1 unspecified atom stereocenters. The molecule has 3 aromatic heterocycles. The van der Waals surface area contributed by atoms with E-state index in [9.17, 15) is 4.79 Å². The van der Waals surface area contributed by atoms with Crippen LogP contribution in [-0.4, -0.2) is 77.1 Å². The molecule has 0 aromatic carbocycles. The lowest BCUT2D eigenvalue weighted by atomic mass is 10.0. The molecule has 2 aliphatic heterocycles. The van der Waals surface area contributed by atoms with Crippen molar-refractivity contribution in [3.63, 3.8) is 0 Å². The predicted molar refractivity (Wildman–Crippen MR) is 127 cm³/mol. The van der Waals surface area contributed by atoms with Gasteiger partial charge >= 0.3 is 0 Å². The number of hydrogen-bond acceptors (Lipinski definition) is 9. The maximum atomic E-state index is 12.7. The standard InChI is InChI=1S/C23H28N8O3/c1-24-20-11-18(29-21-16(12-25-31(20)21)22(32)26-15-5-6-15)27-17-3-2-4-19(28-17)30-8-10-34-23(13-30)7-9-33-14-23/h2-4,11-12,15,24H,5-10,13-14H2,1H3,(H,26,32)(H,27,28,29). The van der Waals surface area contributed by atoms with Crippen molar-refractivity contribution in [3.8, 4) is 0 Å². The number of anilines is 4. The molecule has 1 amide bonds. The number of morpholine rings is 1. The minimum absolute atomic E-state index is 0.151. The minimum atomic E-state index is -0.239. The molecule has 1 saturated carbocycles. The molecule has 5 heterocycles. The van der Waals surface area contributed by atoms with Gasteiger partial charge in [0.05, 0.1) is 26.0 Å². The number of carbonyl (C=O) groups excluding carboxylic acids is 1. The first-order chi connectivity index (χ1) is 16.6. The van der Waals surface area contributed by atoms with E-state index in [4.69, 9.17) is 14.5 Å². The molecule has 11 heteroatoms. The van der Waals surface area contributed by atoms with Gasteiger partial charge in [0, 0.05) is 38.7 Å². The number of carbonyl (C=O) groups is 1. The number of fused-ring (bicyclic) bond motifs is 1. The zero-order valence-electron chi connectivity index (χ0n) is 19.1. The van der Waals surface area contributed by atoms with Crippen LogP contribution in [0.15, 0.2) is 30.5 Å². The van der Waals surface area contributed by atoms with E-state index in [0.717, 1.165) is 44.8 Å². The fourth-order valence-electron chi connectivity index (χ4n) is 4.52. The number of amides is 1. The lowest BCUT2D eigenvalue weighted by Gasteiger charge is -2.40. The van der Waals surface area contributed by atoms with Gasteiger partial charge in [0.25, 0.3) is 5.91 Å². The van der Waals surface area contributed by atoms with Crippen molar-refractivity contribution in [2.24, 2.45) is 0 Å².